The molecule has 1 atom stereocenters. The number of aryl methyl sites for hydroxylation is 1. The van der Waals surface area contributed by atoms with Gasteiger partial charge in [-0.15, -0.1) is 0 Å². The first kappa shape index (κ1) is 21.3. The molecule has 0 spiro atoms. The minimum Gasteiger partial charge on any atom is -0.478 e. The van der Waals surface area contributed by atoms with E-state index in [1.165, 1.54) is 0 Å². The molecule has 5 aromatic rings. The highest BCUT2D eigenvalue weighted by Gasteiger charge is 2.18. The first-order valence-electron chi connectivity index (χ1n) is 10.9. The van der Waals surface area contributed by atoms with Crippen LogP contribution in [0.5, 0.6) is 0 Å². The van der Waals surface area contributed by atoms with Gasteiger partial charge in [-0.05, 0) is 61.4 Å². The molecule has 0 aliphatic rings. The van der Waals surface area contributed by atoms with Crippen molar-refractivity contribution in [3.8, 4) is 22.3 Å². The van der Waals surface area contributed by atoms with Crippen LogP contribution in [0.1, 0.15) is 34.6 Å². The van der Waals surface area contributed by atoms with Crippen molar-refractivity contribution in [2.24, 2.45) is 0 Å². The maximum Gasteiger partial charge on any atom is 0.335 e. The predicted molar refractivity (Wildman–Crippen MR) is 131 cm³/mol. The van der Waals surface area contributed by atoms with Crippen molar-refractivity contribution in [1.82, 2.24) is 19.5 Å². The number of carboxylic acids is 1. The van der Waals surface area contributed by atoms with Gasteiger partial charge in [-0.1, -0.05) is 18.2 Å². The molecule has 0 saturated heterocycles. The molecule has 4 aromatic heterocycles. The summed E-state index contributed by atoms with van der Waals surface area (Å²) in [7, 11) is 0. The van der Waals surface area contributed by atoms with Crippen LogP contribution in [0.25, 0.3) is 33.3 Å². The van der Waals surface area contributed by atoms with Crippen LogP contribution in [0.4, 0.5) is 0 Å². The Morgan fingerprint density at radius 1 is 1.03 bits per heavy atom. The number of nitrogens with zero attached hydrogens (tertiary/aromatic N) is 3. The Labute approximate surface area is 195 Å². The number of pyridine rings is 3. The van der Waals surface area contributed by atoms with Gasteiger partial charge in [0.2, 0.25) is 0 Å². The number of fused-ring (bicyclic) bond motifs is 1. The second-order valence-corrected chi connectivity index (χ2v) is 8.26. The van der Waals surface area contributed by atoms with Gasteiger partial charge in [0.1, 0.15) is 0 Å². The van der Waals surface area contributed by atoms with E-state index in [-0.39, 0.29) is 17.2 Å². The fraction of sp³-hybridized carbons (Fsp3) is 0.111. The van der Waals surface area contributed by atoms with Crippen molar-refractivity contribution < 1.29 is 9.90 Å². The van der Waals surface area contributed by atoms with Crippen LogP contribution in [-0.4, -0.2) is 30.6 Å². The van der Waals surface area contributed by atoms with Crippen molar-refractivity contribution in [2.45, 2.75) is 19.9 Å². The Hall–Kier alpha value is -4.52. The minimum atomic E-state index is -0.961. The fourth-order valence-electron chi connectivity index (χ4n) is 4.14. The summed E-state index contributed by atoms with van der Waals surface area (Å²) >= 11 is 0. The highest BCUT2D eigenvalue weighted by molar-refractivity contribution is 5.96. The number of H-pyrrole nitrogens is 1. The maximum atomic E-state index is 11.8. The van der Waals surface area contributed by atoms with Crippen LogP contribution < -0.4 is 5.56 Å². The number of hydrogen-bond acceptors (Lipinski definition) is 4. The Morgan fingerprint density at radius 2 is 1.82 bits per heavy atom. The summed E-state index contributed by atoms with van der Waals surface area (Å²) in [4.78, 5) is 35.2. The van der Waals surface area contributed by atoms with Gasteiger partial charge in [0.15, 0.2) is 0 Å². The lowest BCUT2D eigenvalue weighted by Crippen LogP contribution is -2.08. The monoisotopic (exact) mass is 450 g/mol. The molecule has 0 fully saturated rings. The number of aromatic nitrogens is 4. The highest BCUT2D eigenvalue weighted by atomic mass is 16.4. The highest BCUT2D eigenvalue weighted by Crippen LogP contribution is 2.35. The van der Waals surface area contributed by atoms with Crippen LogP contribution >= 0.6 is 0 Å². The smallest absolute Gasteiger partial charge is 0.335 e. The van der Waals surface area contributed by atoms with Gasteiger partial charge in [0, 0.05) is 41.5 Å². The molecular weight excluding hydrogens is 428 g/mol. The SMILES string of the molecule is Cc1cc(-c2cnc3c(-c4ccc(C(=O)O)cc4)cn([C@@H](C)c4ccccn4)c3c2)c[nH]c1=O. The van der Waals surface area contributed by atoms with Gasteiger partial charge in [0.25, 0.3) is 5.56 Å². The van der Waals surface area contributed by atoms with E-state index >= 15 is 0 Å². The standard InChI is InChI=1S/C27H22N4O3/c1-16-11-20(14-30-26(16)32)21-12-24-25(29-13-21)22(18-6-8-19(9-7-18)27(33)34)15-31(24)17(2)23-5-3-4-10-28-23/h3-15,17H,1-2H3,(H,30,32)(H,33,34)/t17-/m0/s1. The van der Waals surface area contributed by atoms with E-state index in [0.717, 1.165) is 39.0 Å². The molecule has 34 heavy (non-hydrogen) atoms. The van der Waals surface area contributed by atoms with Gasteiger partial charge in [0.05, 0.1) is 28.3 Å². The second kappa shape index (κ2) is 8.44. The Balaban J connectivity index is 1.71. The molecule has 0 unspecified atom stereocenters. The molecule has 4 heterocycles. The minimum absolute atomic E-state index is 0.0647. The lowest BCUT2D eigenvalue weighted by Gasteiger charge is -2.15. The Morgan fingerprint density at radius 3 is 2.50 bits per heavy atom. The van der Waals surface area contributed by atoms with Crippen LogP contribution in [0, 0.1) is 6.92 Å². The molecule has 2 N–H and O–H groups in total. The number of rotatable bonds is 5. The number of aromatic carboxylic acids is 1. The number of benzene rings is 1. The van der Waals surface area contributed by atoms with E-state index in [4.69, 9.17) is 4.98 Å². The van der Waals surface area contributed by atoms with Gasteiger partial charge >= 0.3 is 5.97 Å². The molecule has 1 aromatic carbocycles. The van der Waals surface area contributed by atoms with Gasteiger partial charge in [-0.2, -0.15) is 0 Å². The average Bonchev–Trinajstić information content (AvgIpc) is 3.24. The second-order valence-electron chi connectivity index (χ2n) is 8.26. The summed E-state index contributed by atoms with van der Waals surface area (Å²) in [5, 5.41) is 9.25. The summed E-state index contributed by atoms with van der Waals surface area (Å²) < 4.78 is 2.13. The van der Waals surface area contributed by atoms with Gasteiger partial charge in [-0.3, -0.25) is 14.8 Å². The lowest BCUT2D eigenvalue weighted by atomic mass is 10.0. The van der Waals surface area contributed by atoms with Gasteiger partial charge in [-0.25, -0.2) is 4.79 Å². The zero-order chi connectivity index (χ0) is 23.8. The molecule has 0 radical (unpaired) electrons. The number of carbonyl (C=O) groups is 1. The fourth-order valence-corrected chi connectivity index (χ4v) is 4.14. The number of carboxylic acid groups (broad SMARTS) is 1. The maximum absolute atomic E-state index is 11.8. The summed E-state index contributed by atoms with van der Waals surface area (Å²) in [6, 6.07) is 16.5. The molecule has 0 aliphatic carbocycles. The molecule has 5 rings (SSSR count). The molecule has 168 valence electrons. The first-order valence-corrected chi connectivity index (χ1v) is 10.9. The summed E-state index contributed by atoms with van der Waals surface area (Å²) in [5.41, 5.74) is 6.92. The summed E-state index contributed by atoms with van der Waals surface area (Å²) in [5.74, 6) is -0.961. The molecule has 0 bridgehead atoms. The summed E-state index contributed by atoms with van der Waals surface area (Å²) in [6.07, 6.45) is 7.30. The van der Waals surface area contributed by atoms with Crippen LogP contribution in [-0.2, 0) is 0 Å². The van der Waals surface area contributed by atoms with Crippen molar-refractivity contribution >= 4 is 17.0 Å². The van der Waals surface area contributed by atoms with E-state index in [9.17, 15) is 14.7 Å². The van der Waals surface area contributed by atoms with Crippen LogP contribution in [0.3, 0.4) is 0 Å². The van der Waals surface area contributed by atoms with Gasteiger partial charge < -0.3 is 14.7 Å². The molecular formula is C27H22N4O3. The zero-order valence-corrected chi connectivity index (χ0v) is 18.7. The van der Waals surface area contributed by atoms with E-state index in [1.807, 2.05) is 30.5 Å². The largest absolute Gasteiger partial charge is 0.478 e. The van der Waals surface area contributed by atoms with E-state index in [2.05, 4.69) is 27.5 Å². The normalized spacial score (nSPS) is 12.1. The number of hydrogen-bond donors (Lipinski definition) is 2. The number of nitrogens with one attached hydrogen (secondary N) is 1. The zero-order valence-electron chi connectivity index (χ0n) is 18.7. The quantitative estimate of drug-likeness (QED) is 0.389. The third-order valence-electron chi connectivity index (χ3n) is 6.07. The molecule has 0 aliphatic heterocycles. The molecule has 7 heteroatoms. The molecule has 0 amide bonds. The summed E-state index contributed by atoms with van der Waals surface area (Å²) in [6.45, 7) is 3.86. The van der Waals surface area contributed by atoms with Crippen molar-refractivity contribution in [2.75, 3.05) is 0 Å². The van der Waals surface area contributed by atoms with E-state index in [1.54, 1.807) is 49.8 Å². The number of aromatic amines is 1. The van der Waals surface area contributed by atoms with Crippen molar-refractivity contribution in [3.05, 3.63) is 107 Å². The third kappa shape index (κ3) is 3.77. The van der Waals surface area contributed by atoms with E-state index < -0.39 is 5.97 Å². The molecule has 0 saturated carbocycles. The predicted octanol–water partition coefficient (Wildman–Crippen LogP) is 5.07. The third-order valence-corrected chi connectivity index (χ3v) is 6.07. The van der Waals surface area contributed by atoms with Crippen LogP contribution in [0.15, 0.2) is 84.2 Å². The lowest BCUT2D eigenvalue weighted by molar-refractivity contribution is 0.0697. The Bertz CT molecular complexity index is 1570. The first-order chi connectivity index (χ1) is 16.4. The van der Waals surface area contributed by atoms with Crippen LogP contribution in [0.2, 0.25) is 0 Å². The van der Waals surface area contributed by atoms with Crippen molar-refractivity contribution in [1.29, 1.82) is 0 Å². The molecule has 7 nitrogen and oxygen atoms in total. The average molecular weight is 450 g/mol. The van der Waals surface area contributed by atoms with Crippen molar-refractivity contribution in [3.63, 3.8) is 0 Å². The Kier molecular flexibility index (Phi) is 5.30. The topological polar surface area (TPSA) is 101 Å². The van der Waals surface area contributed by atoms with E-state index in [0.29, 0.717) is 5.56 Å².